The maximum absolute atomic E-state index is 11.9. The number of aliphatic hydroxyl groups is 1. The van der Waals surface area contributed by atoms with Crippen molar-refractivity contribution in [1.82, 2.24) is 5.32 Å². The Morgan fingerprint density at radius 1 is 1.37 bits per heavy atom. The largest absolute Gasteiger partial charge is 0.393 e. The maximum Gasteiger partial charge on any atom is 0.239 e. The lowest BCUT2D eigenvalue weighted by Crippen LogP contribution is -2.38. The summed E-state index contributed by atoms with van der Waals surface area (Å²) in [7, 11) is 1.90. The fourth-order valence-corrected chi connectivity index (χ4v) is 2.55. The molecule has 4 heteroatoms. The van der Waals surface area contributed by atoms with Crippen molar-refractivity contribution < 1.29 is 9.90 Å². The molecule has 0 radical (unpaired) electrons. The maximum atomic E-state index is 11.9. The van der Waals surface area contributed by atoms with E-state index < -0.39 is 0 Å². The average molecular weight is 262 g/mol. The van der Waals surface area contributed by atoms with Crippen LogP contribution in [0.4, 0.5) is 5.69 Å². The highest BCUT2D eigenvalue weighted by Gasteiger charge is 2.25. The van der Waals surface area contributed by atoms with E-state index in [1.54, 1.807) is 0 Å². The Balaban J connectivity index is 1.75. The summed E-state index contributed by atoms with van der Waals surface area (Å²) in [4.78, 5) is 13.8. The summed E-state index contributed by atoms with van der Waals surface area (Å²) in [5, 5.41) is 12.6. The van der Waals surface area contributed by atoms with E-state index in [0.717, 1.165) is 24.9 Å². The van der Waals surface area contributed by atoms with Gasteiger partial charge in [-0.25, -0.2) is 0 Å². The standard InChI is InChI=1S/C15H22N2O2/c1-17(13-7-3-2-4-8-13)11-15(19)16-10-12-6-5-9-14(12)18/h2-4,7-8,12,14,18H,5-6,9-11H2,1H3,(H,16,19). The first-order valence-corrected chi connectivity index (χ1v) is 6.88. The van der Waals surface area contributed by atoms with Gasteiger partial charge in [-0.1, -0.05) is 24.6 Å². The predicted octanol–water partition coefficient (Wildman–Crippen LogP) is 1.40. The smallest absolute Gasteiger partial charge is 0.239 e. The van der Waals surface area contributed by atoms with Crippen molar-refractivity contribution in [3.05, 3.63) is 30.3 Å². The minimum atomic E-state index is -0.243. The van der Waals surface area contributed by atoms with Crippen LogP contribution in [0.25, 0.3) is 0 Å². The molecule has 2 rings (SSSR count). The molecule has 1 fully saturated rings. The molecule has 2 atom stereocenters. The normalized spacial score (nSPS) is 22.2. The molecule has 1 saturated carbocycles. The molecule has 1 aromatic rings. The first-order chi connectivity index (χ1) is 9.16. The van der Waals surface area contributed by atoms with Crippen molar-refractivity contribution in [1.29, 1.82) is 0 Å². The Morgan fingerprint density at radius 3 is 2.74 bits per heavy atom. The van der Waals surface area contributed by atoms with Gasteiger partial charge in [0.2, 0.25) is 5.91 Å². The molecule has 1 aliphatic rings. The second kappa shape index (κ2) is 6.57. The molecular weight excluding hydrogens is 240 g/mol. The van der Waals surface area contributed by atoms with Crippen LogP contribution < -0.4 is 10.2 Å². The van der Waals surface area contributed by atoms with Crippen LogP contribution in [0, 0.1) is 5.92 Å². The van der Waals surface area contributed by atoms with Crippen molar-refractivity contribution in [3.8, 4) is 0 Å². The fourth-order valence-electron chi connectivity index (χ4n) is 2.55. The zero-order valence-electron chi connectivity index (χ0n) is 11.4. The van der Waals surface area contributed by atoms with Gasteiger partial charge >= 0.3 is 0 Å². The highest BCUT2D eigenvalue weighted by molar-refractivity contribution is 5.81. The van der Waals surface area contributed by atoms with E-state index in [2.05, 4.69) is 5.32 Å². The number of carbonyl (C=O) groups excluding carboxylic acids is 1. The van der Waals surface area contributed by atoms with Gasteiger partial charge in [0.05, 0.1) is 12.6 Å². The van der Waals surface area contributed by atoms with Gasteiger partial charge in [-0.2, -0.15) is 0 Å². The third kappa shape index (κ3) is 3.96. The summed E-state index contributed by atoms with van der Waals surface area (Å²) in [6.45, 7) is 0.926. The molecule has 1 aromatic carbocycles. The second-order valence-electron chi connectivity index (χ2n) is 5.25. The first-order valence-electron chi connectivity index (χ1n) is 6.88. The average Bonchev–Trinajstić information content (AvgIpc) is 2.83. The fraction of sp³-hybridized carbons (Fsp3) is 0.533. The van der Waals surface area contributed by atoms with Crippen LogP contribution in [0.1, 0.15) is 19.3 Å². The zero-order valence-corrected chi connectivity index (χ0v) is 11.4. The number of likely N-dealkylation sites (N-methyl/N-ethyl adjacent to an activating group) is 1. The molecule has 0 aliphatic heterocycles. The summed E-state index contributed by atoms with van der Waals surface area (Å²) in [5.74, 6) is 0.233. The Labute approximate surface area is 114 Å². The number of hydrogen-bond donors (Lipinski definition) is 2. The van der Waals surface area contributed by atoms with Gasteiger partial charge < -0.3 is 15.3 Å². The number of benzene rings is 1. The summed E-state index contributed by atoms with van der Waals surface area (Å²) >= 11 is 0. The monoisotopic (exact) mass is 262 g/mol. The highest BCUT2D eigenvalue weighted by Crippen LogP contribution is 2.24. The highest BCUT2D eigenvalue weighted by atomic mass is 16.3. The molecule has 0 heterocycles. The van der Waals surface area contributed by atoms with Crippen LogP contribution in [0.3, 0.4) is 0 Å². The molecular formula is C15H22N2O2. The molecule has 0 spiro atoms. The van der Waals surface area contributed by atoms with Crippen LogP contribution in [0.2, 0.25) is 0 Å². The minimum absolute atomic E-state index is 0.00505. The van der Waals surface area contributed by atoms with Crippen molar-refractivity contribution in [2.45, 2.75) is 25.4 Å². The van der Waals surface area contributed by atoms with Gasteiger partial charge in [-0.3, -0.25) is 4.79 Å². The van der Waals surface area contributed by atoms with Crippen LogP contribution in [0.15, 0.2) is 30.3 Å². The molecule has 104 valence electrons. The summed E-state index contributed by atoms with van der Waals surface area (Å²) < 4.78 is 0. The van der Waals surface area contributed by atoms with Gasteiger partial charge in [-0.05, 0) is 25.0 Å². The van der Waals surface area contributed by atoms with Gasteiger partial charge in [-0.15, -0.1) is 0 Å². The number of hydrogen-bond acceptors (Lipinski definition) is 3. The topological polar surface area (TPSA) is 52.6 Å². The number of amides is 1. The Hall–Kier alpha value is -1.55. The Bertz CT molecular complexity index is 408. The van der Waals surface area contributed by atoms with E-state index in [1.807, 2.05) is 42.3 Å². The molecule has 2 unspecified atom stereocenters. The van der Waals surface area contributed by atoms with E-state index in [9.17, 15) is 9.90 Å². The predicted molar refractivity (Wildman–Crippen MR) is 76.1 cm³/mol. The lowest BCUT2D eigenvalue weighted by molar-refractivity contribution is -0.120. The molecule has 0 saturated heterocycles. The summed E-state index contributed by atoms with van der Waals surface area (Å²) in [6.07, 6.45) is 2.69. The number of anilines is 1. The minimum Gasteiger partial charge on any atom is -0.393 e. The molecule has 1 amide bonds. The number of aliphatic hydroxyl groups excluding tert-OH is 1. The Kier molecular flexibility index (Phi) is 4.80. The lowest BCUT2D eigenvalue weighted by atomic mass is 10.1. The lowest BCUT2D eigenvalue weighted by Gasteiger charge is -2.20. The van der Waals surface area contributed by atoms with Gasteiger partial charge in [0.25, 0.3) is 0 Å². The van der Waals surface area contributed by atoms with Crippen LogP contribution >= 0.6 is 0 Å². The van der Waals surface area contributed by atoms with E-state index >= 15 is 0 Å². The van der Waals surface area contributed by atoms with Gasteiger partial charge in [0, 0.05) is 25.2 Å². The van der Waals surface area contributed by atoms with Gasteiger partial charge in [0.1, 0.15) is 0 Å². The van der Waals surface area contributed by atoms with Gasteiger partial charge in [0.15, 0.2) is 0 Å². The molecule has 19 heavy (non-hydrogen) atoms. The quantitative estimate of drug-likeness (QED) is 0.843. The second-order valence-corrected chi connectivity index (χ2v) is 5.25. The summed E-state index contributed by atoms with van der Waals surface area (Å²) in [5.41, 5.74) is 1.03. The SMILES string of the molecule is CN(CC(=O)NCC1CCCC1O)c1ccccc1. The van der Waals surface area contributed by atoms with Crippen molar-refractivity contribution in [2.75, 3.05) is 25.0 Å². The molecule has 0 aromatic heterocycles. The van der Waals surface area contributed by atoms with Crippen LogP contribution in [0.5, 0.6) is 0 Å². The zero-order chi connectivity index (χ0) is 13.7. The van der Waals surface area contributed by atoms with Crippen molar-refractivity contribution in [2.24, 2.45) is 5.92 Å². The van der Waals surface area contributed by atoms with Crippen LogP contribution in [-0.4, -0.2) is 37.3 Å². The number of rotatable bonds is 5. The van der Waals surface area contributed by atoms with E-state index in [0.29, 0.717) is 13.1 Å². The molecule has 2 N–H and O–H groups in total. The van der Waals surface area contributed by atoms with E-state index in [4.69, 9.17) is 0 Å². The third-order valence-corrected chi connectivity index (χ3v) is 3.76. The summed E-state index contributed by atoms with van der Waals surface area (Å²) in [6, 6.07) is 9.83. The van der Waals surface area contributed by atoms with Crippen molar-refractivity contribution in [3.63, 3.8) is 0 Å². The number of carbonyl (C=O) groups is 1. The first kappa shape index (κ1) is 13.9. The molecule has 4 nitrogen and oxygen atoms in total. The number of para-hydroxylation sites is 1. The third-order valence-electron chi connectivity index (χ3n) is 3.76. The van der Waals surface area contributed by atoms with E-state index in [1.165, 1.54) is 0 Å². The molecule has 0 bridgehead atoms. The Morgan fingerprint density at radius 2 is 2.11 bits per heavy atom. The number of nitrogens with one attached hydrogen (secondary N) is 1. The molecule has 1 aliphatic carbocycles. The number of nitrogens with zero attached hydrogens (tertiary/aromatic N) is 1. The van der Waals surface area contributed by atoms with Crippen LogP contribution in [-0.2, 0) is 4.79 Å². The van der Waals surface area contributed by atoms with E-state index in [-0.39, 0.29) is 17.9 Å². The van der Waals surface area contributed by atoms with Crippen molar-refractivity contribution >= 4 is 11.6 Å².